The van der Waals surface area contributed by atoms with E-state index >= 15 is 0 Å². The molecule has 0 radical (unpaired) electrons. The fourth-order valence-electron chi connectivity index (χ4n) is 2.82. The lowest BCUT2D eigenvalue weighted by molar-refractivity contribution is -0.147. The molecular formula is C13H21NO2. The lowest BCUT2D eigenvalue weighted by atomic mass is 10.0. The lowest BCUT2D eigenvalue weighted by Crippen LogP contribution is -2.43. The van der Waals surface area contributed by atoms with E-state index in [-0.39, 0.29) is 12.1 Å². The summed E-state index contributed by atoms with van der Waals surface area (Å²) in [5.41, 5.74) is 0.714. The molecule has 2 aliphatic rings. The molecule has 2 bridgehead atoms. The van der Waals surface area contributed by atoms with E-state index in [1.54, 1.807) is 0 Å². The fourth-order valence-corrected chi connectivity index (χ4v) is 2.82. The summed E-state index contributed by atoms with van der Waals surface area (Å²) in [4.78, 5) is 14.1. The van der Waals surface area contributed by atoms with Crippen LogP contribution < -0.4 is 0 Å². The Morgan fingerprint density at radius 2 is 1.88 bits per heavy atom. The van der Waals surface area contributed by atoms with Gasteiger partial charge in [0.1, 0.15) is 6.10 Å². The number of carbonyl (C=O) groups is 1. The molecule has 0 saturated carbocycles. The molecule has 3 nitrogen and oxygen atoms in total. The second-order valence-corrected chi connectivity index (χ2v) is 5.02. The molecule has 0 aromatic rings. The number of esters is 1. The van der Waals surface area contributed by atoms with Gasteiger partial charge in [-0.3, -0.25) is 0 Å². The maximum atomic E-state index is 11.7. The summed E-state index contributed by atoms with van der Waals surface area (Å²) < 4.78 is 5.54. The van der Waals surface area contributed by atoms with E-state index in [0.29, 0.717) is 17.7 Å². The van der Waals surface area contributed by atoms with E-state index in [9.17, 15) is 4.79 Å². The number of piperidine rings is 1. The molecule has 2 unspecified atom stereocenters. The largest absolute Gasteiger partial charge is 0.459 e. The van der Waals surface area contributed by atoms with Crippen LogP contribution in [0.2, 0.25) is 0 Å². The quantitative estimate of drug-likeness (QED) is 0.530. The van der Waals surface area contributed by atoms with Crippen molar-refractivity contribution < 1.29 is 9.53 Å². The van der Waals surface area contributed by atoms with Crippen molar-refractivity contribution >= 4 is 5.97 Å². The second kappa shape index (κ2) is 4.58. The van der Waals surface area contributed by atoms with E-state index in [0.717, 1.165) is 12.8 Å². The molecule has 3 heteroatoms. The minimum absolute atomic E-state index is 0.135. The summed E-state index contributed by atoms with van der Waals surface area (Å²) in [6.07, 6.45) is 6.49. The smallest absolute Gasteiger partial charge is 0.333 e. The van der Waals surface area contributed by atoms with Gasteiger partial charge in [-0.15, -0.1) is 0 Å². The van der Waals surface area contributed by atoms with E-state index in [1.165, 1.54) is 12.8 Å². The van der Waals surface area contributed by atoms with Crippen LogP contribution in [0.25, 0.3) is 0 Å². The SMILES string of the molecule is C/C=C(/C)C(=O)OC1CC2CCC(C1)N2C. The van der Waals surface area contributed by atoms with Crippen LogP contribution in [0.5, 0.6) is 0 Å². The van der Waals surface area contributed by atoms with Crippen molar-refractivity contribution in [2.75, 3.05) is 7.05 Å². The normalized spacial score (nSPS) is 35.2. The Balaban J connectivity index is 1.92. The summed E-state index contributed by atoms with van der Waals surface area (Å²) in [6.45, 7) is 3.68. The molecule has 90 valence electrons. The molecule has 0 aromatic carbocycles. The Labute approximate surface area is 97.5 Å². The molecule has 2 heterocycles. The average molecular weight is 223 g/mol. The zero-order chi connectivity index (χ0) is 11.7. The minimum Gasteiger partial charge on any atom is -0.459 e. The first kappa shape index (κ1) is 11.6. The predicted molar refractivity (Wildman–Crippen MR) is 63.1 cm³/mol. The van der Waals surface area contributed by atoms with Gasteiger partial charge >= 0.3 is 5.97 Å². The van der Waals surface area contributed by atoms with Crippen LogP contribution in [0, 0.1) is 0 Å². The lowest BCUT2D eigenvalue weighted by Gasteiger charge is -2.35. The summed E-state index contributed by atoms with van der Waals surface area (Å²) in [7, 11) is 2.19. The van der Waals surface area contributed by atoms with Crippen LogP contribution in [-0.4, -0.2) is 36.1 Å². The molecule has 2 atom stereocenters. The highest BCUT2D eigenvalue weighted by molar-refractivity contribution is 5.87. The van der Waals surface area contributed by atoms with Crippen LogP contribution in [0.15, 0.2) is 11.6 Å². The molecule has 2 rings (SSSR count). The van der Waals surface area contributed by atoms with Gasteiger partial charge in [-0.1, -0.05) is 6.08 Å². The van der Waals surface area contributed by atoms with Crippen LogP contribution in [0.3, 0.4) is 0 Å². The molecule has 0 amide bonds. The molecule has 2 saturated heterocycles. The third-order valence-corrected chi connectivity index (χ3v) is 4.08. The van der Waals surface area contributed by atoms with Gasteiger partial charge < -0.3 is 9.64 Å². The van der Waals surface area contributed by atoms with E-state index < -0.39 is 0 Å². The zero-order valence-electron chi connectivity index (χ0n) is 10.4. The Hall–Kier alpha value is -0.830. The van der Waals surface area contributed by atoms with Crippen LogP contribution in [0.4, 0.5) is 0 Å². The van der Waals surface area contributed by atoms with Crippen LogP contribution in [-0.2, 0) is 9.53 Å². The van der Waals surface area contributed by atoms with Crippen LogP contribution >= 0.6 is 0 Å². The maximum absolute atomic E-state index is 11.7. The van der Waals surface area contributed by atoms with Gasteiger partial charge in [0, 0.05) is 30.5 Å². The van der Waals surface area contributed by atoms with Crippen molar-refractivity contribution in [3.05, 3.63) is 11.6 Å². The number of hydrogen-bond donors (Lipinski definition) is 0. The number of rotatable bonds is 2. The first-order valence-electron chi connectivity index (χ1n) is 6.17. The van der Waals surface area contributed by atoms with Crippen molar-refractivity contribution in [3.63, 3.8) is 0 Å². The molecular weight excluding hydrogens is 202 g/mol. The second-order valence-electron chi connectivity index (χ2n) is 5.02. The highest BCUT2D eigenvalue weighted by Crippen LogP contribution is 2.35. The fraction of sp³-hybridized carbons (Fsp3) is 0.769. The number of nitrogens with zero attached hydrogens (tertiary/aromatic N) is 1. The van der Waals surface area contributed by atoms with Crippen molar-refractivity contribution in [2.24, 2.45) is 0 Å². The molecule has 2 fully saturated rings. The molecule has 16 heavy (non-hydrogen) atoms. The van der Waals surface area contributed by atoms with Gasteiger partial charge in [0.25, 0.3) is 0 Å². The van der Waals surface area contributed by atoms with E-state index in [1.807, 2.05) is 19.9 Å². The standard InChI is InChI=1S/C13H21NO2/c1-4-9(2)13(15)16-12-7-10-5-6-11(8-12)14(10)3/h4,10-12H,5-8H2,1-3H3/b9-4-. The number of ether oxygens (including phenoxy) is 1. The van der Waals surface area contributed by atoms with Gasteiger partial charge in [0.05, 0.1) is 0 Å². The molecule has 2 aliphatic heterocycles. The van der Waals surface area contributed by atoms with E-state index in [2.05, 4.69) is 11.9 Å². The van der Waals surface area contributed by atoms with Gasteiger partial charge in [0.15, 0.2) is 0 Å². The van der Waals surface area contributed by atoms with Gasteiger partial charge in [0.2, 0.25) is 0 Å². The number of carbonyl (C=O) groups excluding carboxylic acids is 1. The number of allylic oxidation sites excluding steroid dienone is 1. The van der Waals surface area contributed by atoms with Crippen molar-refractivity contribution in [1.29, 1.82) is 0 Å². The number of fused-ring (bicyclic) bond motifs is 2. The van der Waals surface area contributed by atoms with Crippen LogP contribution in [0.1, 0.15) is 39.5 Å². The topological polar surface area (TPSA) is 29.5 Å². The average Bonchev–Trinajstić information content (AvgIpc) is 2.52. The molecule has 0 N–H and O–H groups in total. The van der Waals surface area contributed by atoms with Crippen molar-refractivity contribution in [3.8, 4) is 0 Å². The monoisotopic (exact) mass is 223 g/mol. The Bertz CT molecular complexity index is 297. The Kier molecular flexibility index (Phi) is 3.33. The zero-order valence-corrected chi connectivity index (χ0v) is 10.4. The Morgan fingerprint density at radius 1 is 1.31 bits per heavy atom. The molecule has 0 aromatic heterocycles. The highest BCUT2D eigenvalue weighted by Gasteiger charge is 2.39. The highest BCUT2D eigenvalue weighted by atomic mass is 16.5. The predicted octanol–water partition coefficient (Wildman–Crippen LogP) is 2.12. The Morgan fingerprint density at radius 3 is 2.38 bits per heavy atom. The third-order valence-electron chi connectivity index (χ3n) is 4.08. The first-order chi connectivity index (χ1) is 7.61. The summed E-state index contributed by atoms with van der Waals surface area (Å²) in [5, 5.41) is 0. The maximum Gasteiger partial charge on any atom is 0.333 e. The summed E-state index contributed by atoms with van der Waals surface area (Å²) in [5.74, 6) is -0.142. The minimum atomic E-state index is -0.142. The number of hydrogen-bond acceptors (Lipinski definition) is 3. The van der Waals surface area contributed by atoms with Gasteiger partial charge in [-0.05, 0) is 33.7 Å². The van der Waals surface area contributed by atoms with Gasteiger partial charge in [-0.25, -0.2) is 4.79 Å². The first-order valence-corrected chi connectivity index (χ1v) is 6.17. The summed E-state index contributed by atoms with van der Waals surface area (Å²) >= 11 is 0. The van der Waals surface area contributed by atoms with Crippen molar-refractivity contribution in [1.82, 2.24) is 4.90 Å². The van der Waals surface area contributed by atoms with Crippen molar-refractivity contribution in [2.45, 2.75) is 57.7 Å². The summed E-state index contributed by atoms with van der Waals surface area (Å²) in [6, 6.07) is 1.25. The third kappa shape index (κ3) is 2.14. The van der Waals surface area contributed by atoms with E-state index in [4.69, 9.17) is 4.74 Å². The van der Waals surface area contributed by atoms with Gasteiger partial charge in [-0.2, -0.15) is 0 Å². The molecule has 0 spiro atoms. The molecule has 0 aliphatic carbocycles.